The summed E-state index contributed by atoms with van der Waals surface area (Å²) in [5, 5.41) is 23.9. The molecule has 6 saturated carbocycles. The minimum absolute atomic E-state index is 0. The normalized spacial score (nSPS) is 30.2. The van der Waals surface area contributed by atoms with Crippen LogP contribution in [0.2, 0.25) is 19.6 Å². The van der Waals surface area contributed by atoms with Gasteiger partial charge in [-0.2, -0.15) is 35.2 Å². The Hall–Kier alpha value is 0.504. The van der Waals surface area contributed by atoms with E-state index in [9.17, 15) is 9.59 Å². The summed E-state index contributed by atoms with van der Waals surface area (Å²) in [6.07, 6.45) is 31.2. The summed E-state index contributed by atoms with van der Waals surface area (Å²) >= 11 is 8.73. The number of fused-ring (bicyclic) bond motifs is 6. The summed E-state index contributed by atoms with van der Waals surface area (Å²) in [6, 6.07) is 1.49. The van der Waals surface area contributed by atoms with Gasteiger partial charge in [-0.25, -0.2) is 0 Å². The zero-order chi connectivity index (χ0) is 43.6. The second kappa shape index (κ2) is 33.9. The molecule has 0 unspecified atom stereocenters. The Morgan fingerprint density at radius 3 is 1.36 bits per heavy atom. The molecule has 6 bridgehead atoms. The van der Waals surface area contributed by atoms with Gasteiger partial charge in [-0.15, -0.1) is 23.5 Å². The number of carbonyl (C=O) groups is 2. The molecule has 0 radical (unpaired) electrons. The van der Waals surface area contributed by atoms with E-state index in [0.29, 0.717) is 29.5 Å². The molecular formula is C49H86LiNO5S4Si. The van der Waals surface area contributed by atoms with Crippen molar-refractivity contribution in [1.82, 2.24) is 0 Å². The van der Waals surface area contributed by atoms with Crippen LogP contribution >= 0.6 is 47.0 Å². The number of ether oxygens (including phenoxy) is 1. The molecule has 0 spiro atoms. The van der Waals surface area contributed by atoms with Crippen LogP contribution in [0.15, 0.2) is 9.81 Å². The topological polar surface area (TPSA) is 108 Å². The van der Waals surface area contributed by atoms with Gasteiger partial charge in [-0.05, 0) is 155 Å². The Kier molecular flexibility index (Phi) is 32.0. The van der Waals surface area contributed by atoms with Gasteiger partial charge < -0.3 is 21.9 Å². The van der Waals surface area contributed by atoms with Crippen LogP contribution in [0.3, 0.4) is 0 Å². The quantitative estimate of drug-likeness (QED) is 0.161. The van der Waals surface area contributed by atoms with Gasteiger partial charge in [0.15, 0.2) is 0 Å². The first kappa shape index (κ1) is 57.6. The van der Waals surface area contributed by atoms with Crippen molar-refractivity contribution >= 4 is 66.9 Å². The summed E-state index contributed by atoms with van der Waals surface area (Å²) in [6.45, 7) is 14.8. The first-order chi connectivity index (χ1) is 29.0. The first-order valence-corrected chi connectivity index (χ1v) is 32.0. The summed E-state index contributed by atoms with van der Waals surface area (Å²) in [5.41, 5.74) is 1.92. The van der Waals surface area contributed by atoms with E-state index in [1.54, 1.807) is 4.24 Å². The van der Waals surface area contributed by atoms with Crippen LogP contribution in [-0.4, -0.2) is 77.1 Å². The van der Waals surface area contributed by atoms with E-state index in [1.165, 1.54) is 151 Å². The number of aliphatic carboxylic acids is 1. The van der Waals surface area contributed by atoms with Crippen LogP contribution in [0, 0.1) is 59.7 Å². The summed E-state index contributed by atoms with van der Waals surface area (Å²) < 4.78 is 7.68. The smallest absolute Gasteiger partial charge is 0.481 e. The summed E-state index contributed by atoms with van der Waals surface area (Å²) in [5.74, 6) is 9.59. The minimum Gasteiger partial charge on any atom is -0.481 e. The molecule has 0 atom stereocenters. The Morgan fingerprint density at radius 1 is 0.705 bits per heavy atom. The zero-order valence-electron chi connectivity index (χ0n) is 39.4. The van der Waals surface area contributed by atoms with Crippen molar-refractivity contribution in [2.75, 3.05) is 42.8 Å². The van der Waals surface area contributed by atoms with Crippen LogP contribution in [0.5, 0.6) is 0 Å². The Balaban J connectivity index is 0.000000257. The molecule has 0 amide bonds. The number of aliphatic hydroxyl groups is 1. The fourth-order valence-corrected chi connectivity index (χ4v) is 20.3. The second-order valence-corrected chi connectivity index (χ2v) is 30.6. The average molecular weight is 933 g/mol. The molecule has 346 valence electrons. The number of nitriles is 1. The molecule has 2 N–H and O–H groups in total. The minimum atomic E-state index is -0.830. The van der Waals surface area contributed by atoms with Gasteiger partial charge in [0.25, 0.3) is 0 Å². The maximum absolute atomic E-state index is 11.4. The van der Waals surface area contributed by atoms with Crippen LogP contribution in [0.25, 0.3) is 0 Å². The van der Waals surface area contributed by atoms with Crippen molar-refractivity contribution < 1.29 is 43.4 Å². The number of unbranched alkanes of at least 4 members (excludes halogenated alkanes) is 1. The molecule has 9 rings (SSSR count). The average Bonchev–Trinajstić information content (AvgIpc) is 3.85. The summed E-state index contributed by atoms with van der Waals surface area (Å²) in [7, 11) is -0.830. The fourth-order valence-electron chi connectivity index (χ4n) is 10.4. The molecule has 6 nitrogen and oxygen atoms in total. The number of allylic oxidation sites excluding steroid dienone is 1. The third kappa shape index (κ3) is 21.8. The Bertz CT molecular complexity index is 1180. The number of carboxylic acids is 1. The van der Waals surface area contributed by atoms with Crippen molar-refractivity contribution in [2.24, 2.45) is 41.4 Å². The molecule has 3 heterocycles. The number of aliphatic hydroxyl groups excluding tert-OH is 1. The molecule has 9 fully saturated rings. The molecule has 61 heavy (non-hydrogen) atoms. The number of ketones is 1. The number of Topliss-reactive ketones (excluding diaryl/α,β-unsaturated/α-hetero) is 1. The molecule has 3 aliphatic heterocycles. The van der Waals surface area contributed by atoms with Gasteiger partial charge >= 0.3 is 24.8 Å². The van der Waals surface area contributed by atoms with E-state index in [1.807, 2.05) is 5.57 Å². The zero-order valence-corrected chi connectivity index (χ0v) is 43.7. The Morgan fingerprint density at radius 2 is 1.08 bits per heavy atom. The molecule has 9 aliphatic rings. The van der Waals surface area contributed by atoms with Crippen LogP contribution in [0.1, 0.15) is 161 Å². The fraction of sp³-hybridized carbons (Fsp3) is 0.878. The maximum atomic E-state index is 11.4. The maximum Gasteiger partial charge on any atom is 1.00 e. The number of rotatable bonds is 3. The van der Waals surface area contributed by atoms with Gasteiger partial charge in [-0.3, -0.25) is 9.59 Å². The van der Waals surface area contributed by atoms with E-state index >= 15 is 0 Å². The molecule has 12 heteroatoms. The largest absolute Gasteiger partial charge is 1.00 e. The van der Waals surface area contributed by atoms with Crippen LogP contribution in [0.4, 0.5) is 0 Å². The molecule has 0 aromatic rings. The molecular weight excluding hydrogens is 846 g/mol. The monoisotopic (exact) mass is 932 g/mol. The molecule has 6 aliphatic carbocycles. The first-order valence-electron chi connectivity index (χ1n) is 24.4. The van der Waals surface area contributed by atoms with Crippen LogP contribution in [-0.2, 0) is 14.3 Å². The molecule has 0 aromatic carbocycles. The SMILES string of the molecule is C1CCOC1.C1CSC(=C2C3CCCC2CCC3)SC1.C[Si](C)(C)C1SCCCS1.N#CCO.O=C(O)C1C2CCCC1CCC2.O=C1C2CCCC1CCC2.[CH2-]CCC.[Li+]. The number of nitrogens with zero attached hydrogens (tertiary/aromatic N) is 1. The molecule has 0 aromatic heterocycles. The molecule has 3 saturated heterocycles. The van der Waals surface area contributed by atoms with Crippen molar-refractivity contribution in [3.05, 3.63) is 16.7 Å². The van der Waals surface area contributed by atoms with Gasteiger partial charge in [0, 0.05) is 33.5 Å². The second-order valence-electron chi connectivity index (χ2n) is 19.2. The van der Waals surface area contributed by atoms with Gasteiger partial charge in [0.1, 0.15) is 12.4 Å². The number of carbonyl (C=O) groups excluding carboxylic acids is 1. The van der Waals surface area contributed by atoms with E-state index in [0.717, 1.165) is 61.4 Å². The third-order valence-electron chi connectivity index (χ3n) is 13.5. The van der Waals surface area contributed by atoms with Gasteiger partial charge in [-0.1, -0.05) is 71.5 Å². The summed E-state index contributed by atoms with van der Waals surface area (Å²) in [4.78, 5) is 22.4. The van der Waals surface area contributed by atoms with Crippen molar-refractivity contribution in [3.63, 3.8) is 0 Å². The van der Waals surface area contributed by atoms with E-state index < -0.39 is 14.0 Å². The Labute approximate surface area is 404 Å². The number of hydrogen-bond donors (Lipinski definition) is 2. The van der Waals surface area contributed by atoms with Gasteiger partial charge in [0.2, 0.25) is 0 Å². The van der Waals surface area contributed by atoms with Crippen LogP contribution < -0.4 is 18.9 Å². The van der Waals surface area contributed by atoms with E-state index in [2.05, 4.69) is 80.5 Å². The van der Waals surface area contributed by atoms with E-state index in [4.69, 9.17) is 20.2 Å². The van der Waals surface area contributed by atoms with E-state index in [-0.39, 0.29) is 31.4 Å². The van der Waals surface area contributed by atoms with Gasteiger partial charge in [0.05, 0.1) is 20.1 Å². The van der Waals surface area contributed by atoms with Crippen molar-refractivity contribution in [2.45, 2.75) is 185 Å². The standard InChI is InChI=1S/C13H20S2.C10H16O2.C9H14O.C7H16S2Si.C4H8O.C4H9.C2H3NO.Li/c1-4-10-6-2-7-11(5-1)12(10)13-14-8-3-9-15-13;11-10(12)9-7-3-1-4-8(9)6-2-5-7;10-9-7-3-1-4-8(9)6-2-5-7;1-10(2,3)7-8-5-4-6-9-7;1-2-4-5-3-1;1-3-4-2;3-1-2-4;/h10-11H,1-9H2;7-9H,1-6H2,(H,11,12);7-8H,1-6H2;7H,4-6H2,1-3H3;1-4H2;1,3-4H2,2H3;4H,2H2;/q;;;;;-1;;+1. The van der Waals surface area contributed by atoms with Crippen molar-refractivity contribution in [1.29, 1.82) is 5.26 Å². The number of thioether (sulfide) groups is 4. The predicted molar refractivity (Wildman–Crippen MR) is 266 cm³/mol. The number of hydrogen-bond acceptors (Lipinski definition) is 9. The van der Waals surface area contributed by atoms with Crippen molar-refractivity contribution in [3.8, 4) is 6.07 Å². The number of carboxylic acid groups (broad SMARTS) is 1. The third-order valence-corrected chi connectivity index (χ3v) is 25.3. The predicted octanol–water partition coefficient (Wildman–Crippen LogP) is 11.1.